The van der Waals surface area contributed by atoms with Crippen molar-refractivity contribution in [2.24, 2.45) is 0 Å². The number of unbranched alkanes of at least 4 members (excludes halogenated alkanes) is 1. The van der Waals surface area contributed by atoms with Crippen molar-refractivity contribution in [2.45, 2.75) is 59.3 Å². The Morgan fingerprint density at radius 2 is 1.84 bits per heavy atom. The predicted molar refractivity (Wildman–Crippen MR) is 82.7 cm³/mol. The maximum absolute atomic E-state index is 5.68. The van der Waals surface area contributed by atoms with E-state index in [0.717, 1.165) is 38.0 Å². The van der Waals surface area contributed by atoms with Gasteiger partial charge in [-0.25, -0.2) is 0 Å². The van der Waals surface area contributed by atoms with Gasteiger partial charge in [0.2, 0.25) is 0 Å². The lowest BCUT2D eigenvalue weighted by atomic mass is 9.98. The van der Waals surface area contributed by atoms with Crippen LogP contribution in [-0.4, -0.2) is 6.61 Å². The second-order valence-corrected chi connectivity index (χ2v) is 5.06. The summed E-state index contributed by atoms with van der Waals surface area (Å²) in [6.45, 7) is 9.34. The van der Waals surface area contributed by atoms with Crippen LogP contribution >= 0.6 is 0 Å². The van der Waals surface area contributed by atoms with Gasteiger partial charge in [-0.1, -0.05) is 32.9 Å². The molecule has 0 aliphatic carbocycles. The summed E-state index contributed by atoms with van der Waals surface area (Å²) in [5, 5.41) is 0. The van der Waals surface area contributed by atoms with Crippen molar-refractivity contribution >= 4 is 0 Å². The van der Waals surface area contributed by atoms with Crippen molar-refractivity contribution in [3.8, 4) is 17.6 Å². The van der Waals surface area contributed by atoms with E-state index in [0.29, 0.717) is 5.92 Å². The smallest absolute Gasteiger partial charge is 0.122 e. The predicted octanol–water partition coefficient (Wildman–Crippen LogP) is 4.94. The third-order valence-corrected chi connectivity index (χ3v) is 3.03. The van der Waals surface area contributed by atoms with Gasteiger partial charge in [-0.05, 0) is 42.9 Å². The number of benzene rings is 1. The number of aryl methyl sites for hydroxylation is 1. The molecule has 0 aliphatic heterocycles. The molecule has 1 heteroatoms. The van der Waals surface area contributed by atoms with E-state index in [1.165, 1.54) is 11.1 Å². The average molecular weight is 258 g/mol. The van der Waals surface area contributed by atoms with Gasteiger partial charge in [0.25, 0.3) is 0 Å². The second kappa shape index (κ2) is 8.64. The van der Waals surface area contributed by atoms with Crippen LogP contribution in [0.1, 0.15) is 64.0 Å². The first-order valence-electron chi connectivity index (χ1n) is 7.40. The molecule has 0 heterocycles. The summed E-state index contributed by atoms with van der Waals surface area (Å²) in [5.41, 5.74) is 2.67. The SMILES string of the molecule is CCCC#CCCc1ccc(OCC)c(C(C)C)c1. The van der Waals surface area contributed by atoms with Crippen molar-refractivity contribution in [1.29, 1.82) is 0 Å². The summed E-state index contributed by atoms with van der Waals surface area (Å²) in [4.78, 5) is 0. The second-order valence-electron chi connectivity index (χ2n) is 5.06. The van der Waals surface area contributed by atoms with Gasteiger partial charge >= 0.3 is 0 Å². The van der Waals surface area contributed by atoms with Gasteiger partial charge in [0.1, 0.15) is 5.75 Å². The van der Waals surface area contributed by atoms with Crippen LogP contribution in [0.4, 0.5) is 0 Å². The number of ether oxygens (including phenoxy) is 1. The molecule has 1 rings (SSSR count). The van der Waals surface area contributed by atoms with Crippen LogP contribution in [0.25, 0.3) is 0 Å². The fourth-order valence-corrected chi connectivity index (χ4v) is 2.00. The number of hydrogen-bond acceptors (Lipinski definition) is 1. The molecule has 0 N–H and O–H groups in total. The lowest BCUT2D eigenvalue weighted by Crippen LogP contribution is -1.99. The highest BCUT2D eigenvalue weighted by Gasteiger charge is 2.08. The zero-order valence-electron chi connectivity index (χ0n) is 12.8. The fourth-order valence-electron chi connectivity index (χ4n) is 2.00. The Balaban J connectivity index is 2.70. The minimum Gasteiger partial charge on any atom is -0.494 e. The summed E-state index contributed by atoms with van der Waals surface area (Å²) < 4.78 is 5.68. The molecule has 0 bridgehead atoms. The number of hydrogen-bond donors (Lipinski definition) is 0. The van der Waals surface area contributed by atoms with Gasteiger partial charge in [0.05, 0.1) is 6.61 Å². The summed E-state index contributed by atoms with van der Waals surface area (Å²) in [6, 6.07) is 6.54. The van der Waals surface area contributed by atoms with Crippen LogP contribution < -0.4 is 4.74 Å². The van der Waals surface area contributed by atoms with Crippen LogP contribution in [-0.2, 0) is 6.42 Å². The van der Waals surface area contributed by atoms with E-state index >= 15 is 0 Å². The Labute approximate surface area is 118 Å². The van der Waals surface area contributed by atoms with Crippen molar-refractivity contribution in [2.75, 3.05) is 6.61 Å². The Bertz CT molecular complexity index is 435. The maximum Gasteiger partial charge on any atom is 0.122 e. The molecule has 0 aliphatic rings. The van der Waals surface area contributed by atoms with Gasteiger partial charge in [0.15, 0.2) is 0 Å². The van der Waals surface area contributed by atoms with Gasteiger partial charge < -0.3 is 4.74 Å². The molecule has 0 saturated heterocycles. The van der Waals surface area contributed by atoms with E-state index in [1.54, 1.807) is 0 Å². The normalized spacial score (nSPS) is 10.2. The molecule has 1 nitrogen and oxygen atoms in total. The maximum atomic E-state index is 5.68. The molecule has 0 spiro atoms. The fraction of sp³-hybridized carbons (Fsp3) is 0.556. The first-order chi connectivity index (χ1) is 9.19. The minimum absolute atomic E-state index is 0.493. The Hall–Kier alpha value is -1.42. The molecular formula is C18H26O. The highest BCUT2D eigenvalue weighted by molar-refractivity contribution is 5.39. The standard InChI is InChI=1S/C18H26O/c1-5-7-8-9-10-11-16-12-13-18(19-6-2)17(14-16)15(3)4/h12-15H,5-7,10-11H2,1-4H3. The molecular weight excluding hydrogens is 232 g/mol. The molecule has 0 aromatic heterocycles. The average Bonchev–Trinajstić information content (AvgIpc) is 2.40. The van der Waals surface area contributed by atoms with E-state index in [4.69, 9.17) is 4.74 Å². The highest BCUT2D eigenvalue weighted by atomic mass is 16.5. The third-order valence-electron chi connectivity index (χ3n) is 3.03. The first-order valence-corrected chi connectivity index (χ1v) is 7.40. The third kappa shape index (κ3) is 5.39. The summed E-state index contributed by atoms with van der Waals surface area (Å²) in [6.07, 6.45) is 4.14. The summed E-state index contributed by atoms with van der Waals surface area (Å²) >= 11 is 0. The zero-order valence-corrected chi connectivity index (χ0v) is 12.8. The van der Waals surface area contributed by atoms with E-state index in [1.807, 2.05) is 6.92 Å². The van der Waals surface area contributed by atoms with Crippen molar-refractivity contribution in [3.05, 3.63) is 29.3 Å². The van der Waals surface area contributed by atoms with E-state index in [2.05, 4.69) is 50.8 Å². The molecule has 0 amide bonds. The van der Waals surface area contributed by atoms with Gasteiger partial charge in [-0.15, -0.1) is 11.8 Å². The van der Waals surface area contributed by atoms with Gasteiger partial charge in [-0.3, -0.25) is 0 Å². The van der Waals surface area contributed by atoms with Crippen LogP contribution in [0.5, 0.6) is 5.75 Å². The summed E-state index contributed by atoms with van der Waals surface area (Å²) in [7, 11) is 0. The van der Waals surface area contributed by atoms with Crippen LogP contribution in [0.3, 0.4) is 0 Å². The molecule has 0 radical (unpaired) electrons. The minimum atomic E-state index is 0.493. The first kappa shape index (κ1) is 15.6. The van der Waals surface area contributed by atoms with Crippen molar-refractivity contribution < 1.29 is 4.74 Å². The molecule has 19 heavy (non-hydrogen) atoms. The zero-order chi connectivity index (χ0) is 14.1. The van der Waals surface area contributed by atoms with Crippen molar-refractivity contribution in [1.82, 2.24) is 0 Å². The number of rotatable bonds is 6. The lowest BCUT2D eigenvalue weighted by molar-refractivity contribution is 0.335. The monoisotopic (exact) mass is 258 g/mol. The molecule has 1 aromatic carbocycles. The Kier molecular flexibility index (Phi) is 7.11. The van der Waals surface area contributed by atoms with E-state index in [-0.39, 0.29) is 0 Å². The van der Waals surface area contributed by atoms with E-state index in [9.17, 15) is 0 Å². The van der Waals surface area contributed by atoms with Crippen LogP contribution in [0, 0.1) is 11.8 Å². The molecule has 0 saturated carbocycles. The molecule has 0 unspecified atom stereocenters. The lowest BCUT2D eigenvalue weighted by Gasteiger charge is -2.14. The van der Waals surface area contributed by atoms with Gasteiger partial charge in [0, 0.05) is 12.8 Å². The Morgan fingerprint density at radius 3 is 2.47 bits per heavy atom. The van der Waals surface area contributed by atoms with Crippen LogP contribution in [0.2, 0.25) is 0 Å². The summed E-state index contributed by atoms with van der Waals surface area (Å²) in [5.74, 6) is 7.96. The topological polar surface area (TPSA) is 9.23 Å². The molecule has 1 aromatic rings. The molecule has 104 valence electrons. The van der Waals surface area contributed by atoms with Crippen molar-refractivity contribution in [3.63, 3.8) is 0 Å². The van der Waals surface area contributed by atoms with Gasteiger partial charge in [-0.2, -0.15) is 0 Å². The highest BCUT2D eigenvalue weighted by Crippen LogP contribution is 2.28. The van der Waals surface area contributed by atoms with Crippen LogP contribution in [0.15, 0.2) is 18.2 Å². The molecule has 0 atom stereocenters. The largest absolute Gasteiger partial charge is 0.494 e. The molecule has 0 fully saturated rings. The Morgan fingerprint density at radius 1 is 1.11 bits per heavy atom. The quantitative estimate of drug-likeness (QED) is 0.656. The van der Waals surface area contributed by atoms with E-state index < -0.39 is 0 Å².